The van der Waals surface area contributed by atoms with Crippen LogP contribution in [0.2, 0.25) is 0 Å². The predicted octanol–water partition coefficient (Wildman–Crippen LogP) is 4.10. The van der Waals surface area contributed by atoms with E-state index in [1.54, 1.807) is 18.2 Å². The Balaban J connectivity index is 1.77. The van der Waals surface area contributed by atoms with Crippen molar-refractivity contribution >= 4 is 11.6 Å². The number of hydrogen-bond donors (Lipinski definition) is 1. The van der Waals surface area contributed by atoms with Crippen LogP contribution in [-0.2, 0) is 4.79 Å². The van der Waals surface area contributed by atoms with E-state index in [0.29, 0.717) is 5.75 Å². The molecule has 8 heteroatoms. The maximum atomic E-state index is 13.6. The van der Waals surface area contributed by atoms with Crippen molar-refractivity contribution < 1.29 is 27.8 Å². The van der Waals surface area contributed by atoms with Gasteiger partial charge in [0.2, 0.25) is 0 Å². The maximum Gasteiger partial charge on any atom is 0.438 e. The van der Waals surface area contributed by atoms with Crippen LogP contribution >= 0.6 is 0 Å². The third-order valence-electron chi connectivity index (χ3n) is 5.61. The average molecular weight is 398 g/mol. The summed E-state index contributed by atoms with van der Waals surface area (Å²) < 4.78 is 46.2. The highest BCUT2D eigenvalue weighted by molar-refractivity contribution is 5.92. The number of nitrogens with zero attached hydrogens (tertiary/aromatic N) is 2. The van der Waals surface area contributed by atoms with Gasteiger partial charge in [-0.3, -0.25) is 4.79 Å². The molecular formula is C20H25F3N2O3. The lowest BCUT2D eigenvalue weighted by atomic mass is 9.83. The molecule has 0 radical (unpaired) electrons. The van der Waals surface area contributed by atoms with E-state index in [9.17, 15) is 23.1 Å². The van der Waals surface area contributed by atoms with Gasteiger partial charge in [0.15, 0.2) is 6.61 Å². The number of alkyl halides is 3. The van der Waals surface area contributed by atoms with Crippen LogP contribution in [0.1, 0.15) is 49.7 Å². The molecule has 0 aromatic heterocycles. The van der Waals surface area contributed by atoms with E-state index >= 15 is 0 Å². The molecule has 154 valence electrons. The van der Waals surface area contributed by atoms with Gasteiger partial charge in [0.1, 0.15) is 5.75 Å². The smallest absolute Gasteiger partial charge is 0.438 e. The van der Waals surface area contributed by atoms with Crippen molar-refractivity contribution in [2.75, 3.05) is 6.61 Å². The number of carbonyl (C=O) groups excluding carboxylic acids is 1. The molecule has 1 saturated carbocycles. The van der Waals surface area contributed by atoms with Gasteiger partial charge >= 0.3 is 6.18 Å². The van der Waals surface area contributed by atoms with Crippen LogP contribution in [0, 0.1) is 19.8 Å². The lowest BCUT2D eigenvalue weighted by Crippen LogP contribution is -2.57. The Labute approximate surface area is 162 Å². The summed E-state index contributed by atoms with van der Waals surface area (Å²) in [6.45, 7) is 3.15. The molecule has 1 aromatic carbocycles. The number of amides is 1. The maximum absolute atomic E-state index is 13.6. The third kappa shape index (κ3) is 4.01. The van der Waals surface area contributed by atoms with Crippen molar-refractivity contribution in [1.82, 2.24) is 5.01 Å². The van der Waals surface area contributed by atoms with Crippen LogP contribution in [0.15, 0.2) is 23.3 Å². The summed E-state index contributed by atoms with van der Waals surface area (Å²) in [5, 5.41) is 14.5. The van der Waals surface area contributed by atoms with Crippen molar-refractivity contribution in [3.8, 4) is 5.75 Å². The zero-order chi connectivity index (χ0) is 20.5. The van der Waals surface area contributed by atoms with E-state index < -0.39 is 30.8 Å². The molecule has 5 nitrogen and oxygen atoms in total. The van der Waals surface area contributed by atoms with Crippen molar-refractivity contribution in [3.63, 3.8) is 0 Å². The second kappa shape index (κ2) is 7.73. The van der Waals surface area contributed by atoms with Crippen LogP contribution in [0.5, 0.6) is 5.75 Å². The highest BCUT2D eigenvalue weighted by Crippen LogP contribution is 2.43. The van der Waals surface area contributed by atoms with Crippen molar-refractivity contribution in [3.05, 3.63) is 29.3 Å². The predicted molar refractivity (Wildman–Crippen MR) is 97.9 cm³/mol. The molecule has 3 rings (SSSR count). The fraction of sp³-hybridized carbons (Fsp3) is 0.600. The topological polar surface area (TPSA) is 62.1 Å². The van der Waals surface area contributed by atoms with E-state index in [1.165, 1.54) is 0 Å². The summed E-state index contributed by atoms with van der Waals surface area (Å²) >= 11 is 0. The zero-order valence-corrected chi connectivity index (χ0v) is 16.1. The largest absolute Gasteiger partial charge is 0.484 e. The number of carbonyl (C=O) groups is 1. The Morgan fingerprint density at radius 1 is 1.25 bits per heavy atom. The van der Waals surface area contributed by atoms with E-state index in [2.05, 4.69) is 5.10 Å². The highest BCUT2D eigenvalue weighted by Gasteiger charge is 2.63. The van der Waals surface area contributed by atoms with Gasteiger partial charge in [-0.2, -0.15) is 23.3 Å². The number of aliphatic hydroxyl groups is 1. The molecule has 0 saturated heterocycles. The standard InChI is InChI=1S/C20H25F3N2O3/c1-13-8-9-16(10-14(13)2)28-12-18(26)25-19(27,20(21,22)23)11-17(24-25)15-6-4-3-5-7-15/h8-10,15,27H,3-7,11-12H2,1-2H3. The molecule has 1 aromatic rings. The second-order valence-electron chi connectivity index (χ2n) is 7.66. The second-order valence-corrected chi connectivity index (χ2v) is 7.66. The molecule has 1 heterocycles. The fourth-order valence-corrected chi connectivity index (χ4v) is 3.73. The van der Waals surface area contributed by atoms with Gasteiger partial charge in [0.25, 0.3) is 11.6 Å². The van der Waals surface area contributed by atoms with Crippen molar-refractivity contribution in [2.45, 2.75) is 64.3 Å². The minimum Gasteiger partial charge on any atom is -0.484 e. The first-order valence-corrected chi connectivity index (χ1v) is 9.51. The first kappa shape index (κ1) is 20.6. The minimum atomic E-state index is -5.01. The number of rotatable bonds is 4. The molecule has 28 heavy (non-hydrogen) atoms. The van der Waals surface area contributed by atoms with E-state index in [0.717, 1.165) is 43.2 Å². The zero-order valence-electron chi connectivity index (χ0n) is 16.1. The SMILES string of the molecule is Cc1ccc(OCC(=O)N2N=C(C3CCCCC3)CC2(O)C(F)(F)F)cc1C. The average Bonchev–Trinajstić information content (AvgIpc) is 3.02. The number of aryl methyl sites for hydroxylation is 2. The van der Waals surface area contributed by atoms with Gasteiger partial charge in [-0.1, -0.05) is 25.3 Å². The van der Waals surface area contributed by atoms with Gasteiger partial charge < -0.3 is 9.84 Å². The van der Waals surface area contributed by atoms with Gasteiger partial charge in [-0.05, 0) is 55.9 Å². The van der Waals surface area contributed by atoms with Gasteiger partial charge in [0, 0.05) is 12.1 Å². The molecule has 1 aliphatic carbocycles. The molecule has 2 aliphatic rings. The monoisotopic (exact) mass is 398 g/mol. The number of hydrogen-bond acceptors (Lipinski definition) is 4. The van der Waals surface area contributed by atoms with Crippen LogP contribution < -0.4 is 4.74 Å². The minimum absolute atomic E-state index is 0.124. The molecule has 1 atom stereocenters. The van der Waals surface area contributed by atoms with Gasteiger partial charge in [-0.15, -0.1) is 0 Å². The first-order valence-electron chi connectivity index (χ1n) is 9.51. The van der Waals surface area contributed by atoms with Crippen LogP contribution in [-0.4, -0.2) is 40.2 Å². The molecule has 1 unspecified atom stereocenters. The summed E-state index contributed by atoms with van der Waals surface area (Å²) in [6.07, 6.45) is -1.38. The Morgan fingerprint density at radius 2 is 1.93 bits per heavy atom. The van der Waals surface area contributed by atoms with Crippen LogP contribution in [0.4, 0.5) is 13.2 Å². The van der Waals surface area contributed by atoms with Gasteiger partial charge in [-0.25, -0.2) is 0 Å². The van der Waals surface area contributed by atoms with Crippen LogP contribution in [0.3, 0.4) is 0 Å². The molecule has 0 bridgehead atoms. The molecule has 1 amide bonds. The molecule has 1 fully saturated rings. The Hall–Kier alpha value is -2.09. The molecule has 0 spiro atoms. The quantitative estimate of drug-likeness (QED) is 0.831. The van der Waals surface area contributed by atoms with E-state index in [1.807, 2.05) is 13.8 Å². The number of ether oxygens (including phenoxy) is 1. The van der Waals surface area contributed by atoms with Crippen molar-refractivity contribution in [2.24, 2.45) is 11.0 Å². The molecular weight excluding hydrogens is 373 g/mol. The summed E-state index contributed by atoms with van der Waals surface area (Å²) in [7, 11) is 0. The lowest BCUT2D eigenvalue weighted by molar-refractivity contribution is -0.302. The number of hydrazone groups is 1. The Kier molecular flexibility index (Phi) is 5.70. The van der Waals surface area contributed by atoms with E-state index in [4.69, 9.17) is 4.74 Å². The molecule has 1 aliphatic heterocycles. The number of benzene rings is 1. The summed E-state index contributed by atoms with van der Waals surface area (Å²) in [4.78, 5) is 12.5. The lowest BCUT2D eigenvalue weighted by Gasteiger charge is -2.32. The summed E-state index contributed by atoms with van der Waals surface area (Å²) in [6, 6.07) is 5.15. The normalized spacial score (nSPS) is 23.6. The highest BCUT2D eigenvalue weighted by atomic mass is 19.4. The fourth-order valence-electron chi connectivity index (χ4n) is 3.73. The molecule has 1 N–H and O–H groups in total. The summed E-state index contributed by atoms with van der Waals surface area (Å²) in [5.74, 6) is -0.771. The van der Waals surface area contributed by atoms with E-state index in [-0.39, 0.29) is 16.6 Å². The van der Waals surface area contributed by atoms with Crippen molar-refractivity contribution in [1.29, 1.82) is 0 Å². The Bertz CT molecular complexity index is 772. The number of halogens is 3. The van der Waals surface area contributed by atoms with Gasteiger partial charge in [0.05, 0.1) is 0 Å². The summed E-state index contributed by atoms with van der Waals surface area (Å²) in [5.41, 5.74) is -1.09. The third-order valence-corrected chi connectivity index (χ3v) is 5.61. The Morgan fingerprint density at radius 3 is 2.54 bits per heavy atom. The first-order chi connectivity index (χ1) is 13.1. The van der Waals surface area contributed by atoms with Crippen LogP contribution in [0.25, 0.3) is 0 Å².